The van der Waals surface area contributed by atoms with Crippen LogP contribution in [-0.2, 0) is 6.42 Å². The molecule has 1 unspecified atom stereocenters. The second kappa shape index (κ2) is 7.28. The van der Waals surface area contributed by atoms with Crippen LogP contribution in [0.1, 0.15) is 37.4 Å². The normalized spacial score (nSPS) is 12.2. The maximum absolute atomic E-state index is 3.63. The van der Waals surface area contributed by atoms with E-state index in [2.05, 4.69) is 87.4 Å². The number of hydrogen-bond acceptors (Lipinski definition) is 1. The molecule has 0 aromatic heterocycles. The van der Waals surface area contributed by atoms with E-state index in [0.29, 0.717) is 6.04 Å². The monoisotopic (exact) mass is 395 g/mol. The highest BCUT2D eigenvalue weighted by Crippen LogP contribution is 2.34. The molecule has 0 fully saturated rings. The molecule has 1 nitrogen and oxygen atoms in total. The lowest BCUT2D eigenvalue weighted by molar-refractivity contribution is 0.747. The first-order chi connectivity index (χ1) is 9.65. The summed E-state index contributed by atoms with van der Waals surface area (Å²) in [5.41, 5.74) is 3.82. The molecule has 0 aliphatic rings. The number of hydrogen-bond donors (Lipinski definition) is 1. The summed E-state index contributed by atoms with van der Waals surface area (Å²) in [6, 6.07) is 15.3. The highest BCUT2D eigenvalue weighted by atomic mass is 79.9. The van der Waals surface area contributed by atoms with Crippen LogP contribution >= 0.6 is 31.9 Å². The Morgan fingerprint density at radius 3 is 2.05 bits per heavy atom. The van der Waals surface area contributed by atoms with Crippen molar-refractivity contribution in [3.05, 3.63) is 62.5 Å². The number of para-hydroxylation sites is 1. The fourth-order valence-electron chi connectivity index (χ4n) is 2.22. The average Bonchev–Trinajstić information content (AvgIpc) is 2.47. The first-order valence-corrected chi connectivity index (χ1v) is 8.53. The molecule has 0 bridgehead atoms. The van der Waals surface area contributed by atoms with Gasteiger partial charge in [0.2, 0.25) is 0 Å². The van der Waals surface area contributed by atoms with E-state index in [-0.39, 0.29) is 0 Å². The first-order valence-electron chi connectivity index (χ1n) is 6.95. The van der Waals surface area contributed by atoms with Gasteiger partial charge in [0.1, 0.15) is 0 Å². The fourth-order valence-corrected chi connectivity index (χ4v) is 3.44. The maximum atomic E-state index is 3.63. The molecule has 0 aliphatic heterocycles. The van der Waals surface area contributed by atoms with E-state index in [9.17, 15) is 0 Å². The minimum Gasteiger partial charge on any atom is -0.376 e. The second-order valence-electron chi connectivity index (χ2n) is 4.80. The van der Waals surface area contributed by atoms with Crippen LogP contribution in [0.2, 0.25) is 0 Å². The van der Waals surface area contributed by atoms with Gasteiger partial charge in [0.15, 0.2) is 0 Å². The number of aryl methyl sites for hydroxylation is 1. The summed E-state index contributed by atoms with van der Waals surface area (Å²) in [6.45, 7) is 4.39. The predicted molar refractivity (Wildman–Crippen MR) is 94.3 cm³/mol. The van der Waals surface area contributed by atoms with Crippen molar-refractivity contribution in [2.75, 3.05) is 5.32 Å². The van der Waals surface area contributed by atoms with Gasteiger partial charge in [0.25, 0.3) is 0 Å². The van der Waals surface area contributed by atoms with Crippen LogP contribution < -0.4 is 5.32 Å². The van der Waals surface area contributed by atoms with Crippen LogP contribution in [0.3, 0.4) is 0 Å². The Bertz CT molecular complexity index is 543. The van der Waals surface area contributed by atoms with E-state index >= 15 is 0 Å². The van der Waals surface area contributed by atoms with Crippen LogP contribution in [0.4, 0.5) is 5.69 Å². The minimum absolute atomic E-state index is 0.316. The molecule has 106 valence electrons. The zero-order valence-electron chi connectivity index (χ0n) is 11.8. The Morgan fingerprint density at radius 1 is 0.950 bits per heavy atom. The smallest absolute Gasteiger partial charge is 0.0633 e. The molecular formula is C17H19Br2N. The summed E-state index contributed by atoms with van der Waals surface area (Å²) in [7, 11) is 0. The predicted octanol–water partition coefficient (Wildman–Crippen LogP) is 6.34. The number of anilines is 1. The van der Waals surface area contributed by atoms with Gasteiger partial charge >= 0.3 is 0 Å². The van der Waals surface area contributed by atoms with E-state index in [4.69, 9.17) is 0 Å². The fraction of sp³-hybridized carbons (Fsp3) is 0.294. The highest BCUT2D eigenvalue weighted by Gasteiger charge is 2.12. The Kier molecular flexibility index (Phi) is 5.67. The van der Waals surface area contributed by atoms with Gasteiger partial charge in [-0.1, -0.05) is 44.2 Å². The van der Waals surface area contributed by atoms with Crippen LogP contribution in [0.15, 0.2) is 51.4 Å². The third-order valence-corrected chi connectivity index (χ3v) is 4.80. The Labute approximate surface area is 138 Å². The van der Waals surface area contributed by atoms with Crippen molar-refractivity contribution < 1.29 is 0 Å². The summed E-state index contributed by atoms with van der Waals surface area (Å²) in [5, 5.41) is 3.63. The molecule has 20 heavy (non-hydrogen) atoms. The van der Waals surface area contributed by atoms with Gasteiger partial charge in [-0.05, 0) is 68.0 Å². The van der Waals surface area contributed by atoms with Crippen molar-refractivity contribution in [2.45, 2.75) is 32.7 Å². The first kappa shape index (κ1) is 15.6. The van der Waals surface area contributed by atoms with Crippen molar-refractivity contribution in [3.63, 3.8) is 0 Å². The second-order valence-corrected chi connectivity index (χ2v) is 6.51. The number of halogens is 2. The van der Waals surface area contributed by atoms with Crippen LogP contribution in [0.5, 0.6) is 0 Å². The van der Waals surface area contributed by atoms with Crippen molar-refractivity contribution in [1.29, 1.82) is 0 Å². The molecule has 2 rings (SSSR count). The summed E-state index contributed by atoms with van der Waals surface area (Å²) in [6.07, 6.45) is 2.12. The van der Waals surface area contributed by atoms with Crippen molar-refractivity contribution in [3.8, 4) is 0 Å². The summed E-state index contributed by atoms with van der Waals surface area (Å²) in [4.78, 5) is 0. The van der Waals surface area contributed by atoms with E-state index < -0.39 is 0 Å². The van der Waals surface area contributed by atoms with Gasteiger partial charge in [-0.3, -0.25) is 0 Å². The lowest BCUT2D eigenvalue weighted by atomic mass is 10.0. The lowest BCUT2D eigenvalue weighted by Gasteiger charge is -2.21. The molecule has 2 aromatic carbocycles. The molecule has 0 spiro atoms. The standard InChI is InChI=1S/C17H19Br2N/c1-3-12-8-10-13(11-9-12)16(4-2)20-17-14(18)6-5-7-15(17)19/h5-11,16,20H,3-4H2,1-2H3. The van der Waals surface area contributed by atoms with Crippen LogP contribution in [0, 0.1) is 0 Å². The average molecular weight is 397 g/mol. The van der Waals surface area contributed by atoms with E-state index in [1.807, 2.05) is 6.07 Å². The number of nitrogens with one attached hydrogen (secondary N) is 1. The zero-order valence-corrected chi connectivity index (χ0v) is 15.0. The topological polar surface area (TPSA) is 12.0 Å². The minimum atomic E-state index is 0.316. The molecule has 1 atom stereocenters. The third-order valence-electron chi connectivity index (χ3n) is 3.48. The molecule has 2 aromatic rings. The molecule has 1 N–H and O–H groups in total. The number of benzene rings is 2. The third kappa shape index (κ3) is 3.64. The van der Waals surface area contributed by atoms with Crippen LogP contribution in [0.25, 0.3) is 0 Å². The largest absolute Gasteiger partial charge is 0.376 e. The van der Waals surface area contributed by atoms with Crippen molar-refractivity contribution in [2.24, 2.45) is 0 Å². The molecule has 0 aliphatic carbocycles. The van der Waals surface area contributed by atoms with Gasteiger partial charge in [-0.2, -0.15) is 0 Å². The molecule has 0 radical (unpaired) electrons. The van der Waals surface area contributed by atoms with Gasteiger partial charge < -0.3 is 5.32 Å². The van der Waals surface area contributed by atoms with E-state index in [1.54, 1.807) is 0 Å². The van der Waals surface area contributed by atoms with Gasteiger partial charge in [-0.15, -0.1) is 0 Å². The quantitative estimate of drug-likeness (QED) is 0.621. The zero-order chi connectivity index (χ0) is 14.5. The van der Waals surface area contributed by atoms with Gasteiger partial charge in [-0.25, -0.2) is 0 Å². The Hall–Kier alpha value is -0.800. The molecule has 0 heterocycles. The molecular weight excluding hydrogens is 378 g/mol. The summed E-state index contributed by atoms with van der Waals surface area (Å²) >= 11 is 7.22. The van der Waals surface area contributed by atoms with Crippen molar-refractivity contribution in [1.82, 2.24) is 0 Å². The maximum Gasteiger partial charge on any atom is 0.0633 e. The van der Waals surface area contributed by atoms with E-state index in [0.717, 1.165) is 27.5 Å². The van der Waals surface area contributed by atoms with E-state index in [1.165, 1.54) is 11.1 Å². The lowest BCUT2D eigenvalue weighted by Crippen LogP contribution is -2.10. The Balaban J connectivity index is 2.24. The van der Waals surface area contributed by atoms with Crippen LogP contribution in [-0.4, -0.2) is 0 Å². The molecule has 3 heteroatoms. The highest BCUT2D eigenvalue weighted by molar-refractivity contribution is 9.11. The van der Waals surface area contributed by atoms with Gasteiger partial charge in [0, 0.05) is 8.95 Å². The summed E-state index contributed by atoms with van der Waals surface area (Å²) < 4.78 is 2.16. The number of rotatable bonds is 5. The molecule has 0 saturated heterocycles. The Morgan fingerprint density at radius 2 is 1.55 bits per heavy atom. The molecule has 0 saturated carbocycles. The SMILES string of the molecule is CCc1ccc(C(CC)Nc2c(Br)cccc2Br)cc1. The van der Waals surface area contributed by atoms with Crippen molar-refractivity contribution >= 4 is 37.5 Å². The molecule has 0 amide bonds. The van der Waals surface area contributed by atoms with Gasteiger partial charge in [0.05, 0.1) is 11.7 Å². The summed E-state index contributed by atoms with van der Waals surface area (Å²) in [5.74, 6) is 0.